The SMILES string of the molecule is N[C@H](CNC(=O)c1cc2ccccc2[nH]1)C(=O)O. The topological polar surface area (TPSA) is 108 Å². The summed E-state index contributed by atoms with van der Waals surface area (Å²) < 4.78 is 0. The molecule has 1 aromatic heterocycles. The monoisotopic (exact) mass is 247 g/mol. The zero-order valence-electron chi connectivity index (χ0n) is 9.51. The Kier molecular flexibility index (Phi) is 3.29. The number of hydrogen-bond donors (Lipinski definition) is 4. The molecule has 2 rings (SSSR count). The van der Waals surface area contributed by atoms with Crippen molar-refractivity contribution in [3.8, 4) is 0 Å². The summed E-state index contributed by atoms with van der Waals surface area (Å²) in [5, 5.41) is 12.0. The minimum absolute atomic E-state index is 0.108. The highest BCUT2D eigenvalue weighted by Crippen LogP contribution is 2.14. The Morgan fingerprint density at radius 1 is 1.39 bits per heavy atom. The molecular formula is C12H13N3O3. The van der Waals surface area contributed by atoms with E-state index in [-0.39, 0.29) is 12.5 Å². The molecular weight excluding hydrogens is 234 g/mol. The molecule has 1 amide bonds. The summed E-state index contributed by atoms with van der Waals surface area (Å²) in [6, 6.07) is 8.08. The van der Waals surface area contributed by atoms with Crippen LogP contribution in [0.4, 0.5) is 0 Å². The minimum Gasteiger partial charge on any atom is -0.480 e. The van der Waals surface area contributed by atoms with E-state index in [1.807, 2.05) is 24.3 Å². The van der Waals surface area contributed by atoms with Crippen molar-refractivity contribution in [2.45, 2.75) is 6.04 Å². The quantitative estimate of drug-likeness (QED) is 0.623. The van der Waals surface area contributed by atoms with Gasteiger partial charge in [-0.1, -0.05) is 18.2 Å². The number of rotatable bonds is 4. The Balaban J connectivity index is 2.07. The third-order valence-electron chi connectivity index (χ3n) is 2.57. The molecule has 5 N–H and O–H groups in total. The molecule has 0 aliphatic carbocycles. The van der Waals surface area contributed by atoms with Gasteiger partial charge in [0.25, 0.3) is 5.91 Å². The number of amides is 1. The first-order valence-corrected chi connectivity index (χ1v) is 5.42. The van der Waals surface area contributed by atoms with Gasteiger partial charge in [-0.05, 0) is 12.1 Å². The van der Waals surface area contributed by atoms with Crippen LogP contribution in [-0.2, 0) is 4.79 Å². The Bertz CT molecular complexity index is 558. The van der Waals surface area contributed by atoms with Crippen molar-refractivity contribution in [2.75, 3.05) is 6.54 Å². The summed E-state index contributed by atoms with van der Waals surface area (Å²) in [5.41, 5.74) is 6.53. The molecule has 2 aromatic rings. The van der Waals surface area contributed by atoms with Crippen molar-refractivity contribution >= 4 is 22.8 Å². The van der Waals surface area contributed by atoms with Gasteiger partial charge in [0.2, 0.25) is 0 Å². The van der Waals surface area contributed by atoms with Crippen LogP contribution in [0.5, 0.6) is 0 Å². The van der Waals surface area contributed by atoms with Crippen LogP contribution in [0.15, 0.2) is 30.3 Å². The Labute approximate surface area is 103 Å². The van der Waals surface area contributed by atoms with Crippen LogP contribution in [0.1, 0.15) is 10.5 Å². The molecule has 0 radical (unpaired) electrons. The van der Waals surface area contributed by atoms with Crippen molar-refractivity contribution in [2.24, 2.45) is 5.73 Å². The molecule has 18 heavy (non-hydrogen) atoms. The van der Waals surface area contributed by atoms with Gasteiger partial charge in [0, 0.05) is 17.4 Å². The van der Waals surface area contributed by atoms with E-state index in [1.165, 1.54) is 0 Å². The number of H-pyrrole nitrogens is 1. The molecule has 0 aliphatic rings. The summed E-state index contributed by atoms with van der Waals surface area (Å²) in [6.45, 7) is -0.108. The van der Waals surface area contributed by atoms with Crippen LogP contribution in [0.25, 0.3) is 10.9 Å². The molecule has 94 valence electrons. The summed E-state index contributed by atoms with van der Waals surface area (Å²) >= 11 is 0. The molecule has 1 aromatic carbocycles. The lowest BCUT2D eigenvalue weighted by Gasteiger charge is -2.07. The Morgan fingerprint density at radius 3 is 2.78 bits per heavy atom. The number of carboxylic acids is 1. The number of fused-ring (bicyclic) bond motifs is 1. The zero-order chi connectivity index (χ0) is 13.1. The summed E-state index contributed by atoms with van der Waals surface area (Å²) in [4.78, 5) is 25.2. The fourth-order valence-corrected chi connectivity index (χ4v) is 1.58. The maximum atomic E-state index is 11.8. The number of carboxylic acid groups (broad SMARTS) is 1. The van der Waals surface area contributed by atoms with Crippen molar-refractivity contribution in [1.29, 1.82) is 0 Å². The first-order valence-electron chi connectivity index (χ1n) is 5.42. The smallest absolute Gasteiger partial charge is 0.322 e. The van der Waals surface area contributed by atoms with Gasteiger partial charge in [-0.2, -0.15) is 0 Å². The largest absolute Gasteiger partial charge is 0.480 e. The van der Waals surface area contributed by atoms with Crippen molar-refractivity contribution in [3.05, 3.63) is 36.0 Å². The van der Waals surface area contributed by atoms with Gasteiger partial charge in [-0.25, -0.2) is 0 Å². The van der Waals surface area contributed by atoms with Gasteiger partial charge in [-0.15, -0.1) is 0 Å². The highest BCUT2D eigenvalue weighted by Gasteiger charge is 2.14. The van der Waals surface area contributed by atoms with Gasteiger partial charge in [0.05, 0.1) is 0 Å². The average Bonchev–Trinajstić information content (AvgIpc) is 2.79. The maximum absolute atomic E-state index is 11.8. The van der Waals surface area contributed by atoms with Gasteiger partial charge in [0.1, 0.15) is 11.7 Å². The predicted molar refractivity (Wildman–Crippen MR) is 66.2 cm³/mol. The molecule has 1 heterocycles. The first kappa shape index (κ1) is 12.1. The number of para-hydroxylation sites is 1. The number of carbonyl (C=O) groups is 2. The lowest BCUT2D eigenvalue weighted by molar-refractivity contribution is -0.138. The van der Waals surface area contributed by atoms with E-state index < -0.39 is 12.0 Å². The molecule has 0 bridgehead atoms. The van der Waals surface area contributed by atoms with Crippen LogP contribution in [0.2, 0.25) is 0 Å². The second-order valence-electron chi connectivity index (χ2n) is 3.93. The molecule has 6 nitrogen and oxygen atoms in total. The number of aromatic nitrogens is 1. The van der Waals surface area contributed by atoms with E-state index in [4.69, 9.17) is 10.8 Å². The second kappa shape index (κ2) is 4.89. The highest BCUT2D eigenvalue weighted by molar-refractivity contribution is 5.98. The fourth-order valence-electron chi connectivity index (χ4n) is 1.58. The molecule has 0 saturated carbocycles. The number of aromatic amines is 1. The summed E-state index contributed by atoms with van der Waals surface area (Å²) in [5.74, 6) is -1.52. The average molecular weight is 247 g/mol. The van der Waals surface area contributed by atoms with Gasteiger partial charge in [0.15, 0.2) is 0 Å². The number of nitrogens with one attached hydrogen (secondary N) is 2. The molecule has 0 saturated heterocycles. The van der Waals surface area contributed by atoms with E-state index in [0.717, 1.165) is 10.9 Å². The molecule has 1 atom stereocenters. The van der Waals surface area contributed by atoms with Crippen LogP contribution >= 0.6 is 0 Å². The normalized spacial score (nSPS) is 12.3. The summed E-state index contributed by atoms with van der Waals surface area (Å²) in [6.07, 6.45) is 0. The predicted octanol–water partition coefficient (Wildman–Crippen LogP) is 0.310. The van der Waals surface area contributed by atoms with E-state index in [0.29, 0.717) is 5.69 Å². The van der Waals surface area contributed by atoms with Crippen LogP contribution in [-0.4, -0.2) is 34.6 Å². The third kappa shape index (κ3) is 2.49. The number of aliphatic carboxylic acids is 1. The number of carbonyl (C=O) groups excluding carboxylic acids is 1. The molecule has 0 aliphatic heterocycles. The highest BCUT2D eigenvalue weighted by atomic mass is 16.4. The van der Waals surface area contributed by atoms with Crippen molar-refractivity contribution in [3.63, 3.8) is 0 Å². The van der Waals surface area contributed by atoms with Crippen LogP contribution < -0.4 is 11.1 Å². The lowest BCUT2D eigenvalue weighted by Crippen LogP contribution is -2.42. The second-order valence-corrected chi connectivity index (χ2v) is 3.93. The first-order chi connectivity index (χ1) is 8.58. The van der Waals surface area contributed by atoms with E-state index >= 15 is 0 Å². The fraction of sp³-hybridized carbons (Fsp3) is 0.167. The minimum atomic E-state index is -1.15. The molecule has 6 heteroatoms. The van der Waals surface area contributed by atoms with Crippen molar-refractivity contribution < 1.29 is 14.7 Å². The van der Waals surface area contributed by atoms with Crippen molar-refractivity contribution in [1.82, 2.24) is 10.3 Å². The standard InChI is InChI=1S/C12H13N3O3/c13-8(12(17)18)6-14-11(16)10-5-7-3-1-2-4-9(7)15-10/h1-5,8,15H,6,13H2,(H,14,16)(H,17,18)/t8-/m1/s1. The number of nitrogens with two attached hydrogens (primary N) is 1. The molecule has 0 spiro atoms. The number of hydrogen-bond acceptors (Lipinski definition) is 3. The molecule has 0 unspecified atom stereocenters. The van der Waals surface area contributed by atoms with Gasteiger partial charge in [-0.3, -0.25) is 9.59 Å². The maximum Gasteiger partial charge on any atom is 0.322 e. The molecule has 0 fully saturated rings. The third-order valence-corrected chi connectivity index (χ3v) is 2.57. The van der Waals surface area contributed by atoms with Gasteiger partial charge < -0.3 is 21.1 Å². The van der Waals surface area contributed by atoms with E-state index in [9.17, 15) is 9.59 Å². The van der Waals surface area contributed by atoms with Crippen LogP contribution in [0.3, 0.4) is 0 Å². The Morgan fingerprint density at radius 2 is 2.11 bits per heavy atom. The zero-order valence-corrected chi connectivity index (χ0v) is 9.51. The lowest BCUT2D eigenvalue weighted by atomic mass is 10.2. The van der Waals surface area contributed by atoms with Gasteiger partial charge >= 0.3 is 5.97 Å². The van der Waals surface area contributed by atoms with E-state index in [1.54, 1.807) is 6.07 Å². The van der Waals surface area contributed by atoms with Crippen LogP contribution in [0, 0.1) is 0 Å². The summed E-state index contributed by atoms with van der Waals surface area (Å²) in [7, 11) is 0. The Hall–Kier alpha value is -2.34. The number of benzene rings is 1. The van der Waals surface area contributed by atoms with E-state index in [2.05, 4.69) is 10.3 Å².